The lowest BCUT2D eigenvalue weighted by molar-refractivity contribution is 0.305. The first-order valence-electron chi connectivity index (χ1n) is 7.02. The van der Waals surface area contributed by atoms with Crippen LogP contribution >= 0.6 is 0 Å². The third-order valence-electron chi connectivity index (χ3n) is 4.18. The maximum atomic E-state index is 3.70. The van der Waals surface area contributed by atoms with Gasteiger partial charge in [0, 0.05) is 6.04 Å². The molecule has 0 aliphatic heterocycles. The molecule has 1 aliphatic carbocycles. The molecule has 94 valence electrons. The van der Waals surface area contributed by atoms with Crippen LogP contribution in [0.25, 0.3) is 0 Å². The van der Waals surface area contributed by atoms with Crippen LogP contribution in [0, 0.1) is 18.8 Å². The molecule has 1 aromatic rings. The second kappa shape index (κ2) is 5.68. The van der Waals surface area contributed by atoms with Crippen molar-refractivity contribution in [2.24, 2.45) is 11.8 Å². The minimum Gasteiger partial charge on any atom is -0.310 e. The van der Waals surface area contributed by atoms with Gasteiger partial charge in [0.15, 0.2) is 0 Å². The molecule has 1 aromatic carbocycles. The van der Waals surface area contributed by atoms with Gasteiger partial charge in [-0.15, -0.1) is 0 Å². The van der Waals surface area contributed by atoms with Crippen molar-refractivity contribution >= 4 is 0 Å². The Bertz CT molecular complexity index is 358. The van der Waals surface area contributed by atoms with Crippen molar-refractivity contribution in [3.63, 3.8) is 0 Å². The van der Waals surface area contributed by atoms with Crippen molar-refractivity contribution in [2.45, 2.75) is 46.1 Å². The van der Waals surface area contributed by atoms with E-state index in [9.17, 15) is 0 Å². The van der Waals surface area contributed by atoms with Gasteiger partial charge in [0.2, 0.25) is 0 Å². The predicted octanol–water partition coefficient (Wildman–Crippen LogP) is 4.08. The summed E-state index contributed by atoms with van der Waals surface area (Å²) in [6, 6.07) is 9.56. The van der Waals surface area contributed by atoms with Gasteiger partial charge in [0.05, 0.1) is 0 Å². The minimum atomic E-state index is 0.553. The van der Waals surface area contributed by atoms with Crippen LogP contribution in [0.1, 0.15) is 50.3 Å². The fourth-order valence-electron chi connectivity index (χ4n) is 3.27. The van der Waals surface area contributed by atoms with E-state index in [2.05, 4.69) is 50.4 Å². The van der Waals surface area contributed by atoms with Crippen molar-refractivity contribution in [3.8, 4) is 0 Å². The lowest BCUT2D eigenvalue weighted by Gasteiger charge is -2.28. The van der Waals surface area contributed by atoms with E-state index in [1.54, 1.807) is 0 Å². The smallest absolute Gasteiger partial charge is 0.0351 e. The summed E-state index contributed by atoms with van der Waals surface area (Å²) in [6.45, 7) is 7.87. The summed E-state index contributed by atoms with van der Waals surface area (Å²) in [5.41, 5.74) is 2.85. The second-order valence-electron chi connectivity index (χ2n) is 5.52. The van der Waals surface area contributed by atoms with Crippen LogP contribution in [0.4, 0.5) is 0 Å². The predicted molar refractivity (Wildman–Crippen MR) is 74.1 cm³/mol. The zero-order chi connectivity index (χ0) is 12.3. The van der Waals surface area contributed by atoms with E-state index in [0.29, 0.717) is 6.04 Å². The van der Waals surface area contributed by atoms with Gasteiger partial charge < -0.3 is 5.32 Å². The summed E-state index contributed by atoms with van der Waals surface area (Å²) >= 11 is 0. The Balaban J connectivity index is 2.22. The molecular formula is C16H25N. The van der Waals surface area contributed by atoms with Crippen LogP contribution in [0.15, 0.2) is 24.3 Å². The van der Waals surface area contributed by atoms with E-state index in [4.69, 9.17) is 0 Å². The standard InChI is InChI=1S/C16H25N/c1-4-17-16(15-10-6-8-13(15)3)14-9-5-7-12(2)11-14/h5,7,9,11,13,15-17H,4,6,8,10H2,1-3H3. The van der Waals surface area contributed by atoms with Crippen LogP contribution in [0.3, 0.4) is 0 Å². The van der Waals surface area contributed by atoms with Crippen LogP contribution in [0.5, 0.6) is 0 Å². The molecular weight excluding hydrogens is 206 g/mol. The number of hydrogen-bond donors (Lipinski definition) is 1. The largest absolute Gasteiger partial charge is 0.310 e. The van der Waals surface area contributed by atoms with Crippen LogP contribution in [-0.2, 0) is 0 Å². The van der Waals surface area contributed by atoms with Gasteiger partial charge in [-0.05, 0) is 37.3 Å². The fourth-order valence-corrected chi connectivity index (χ4v) is 3.27. The molecule has 1 heteroatoms. The highest BCUT2D eigenvalue weighted by atomic mass is 14.9. The summed E-state index contributed by atoms with van der Waals surface area (Å²) in [4.78, 5) is 0. The van der Waals surface area contributed by atoms with Crippen molar-refractivity contribution < 1.29 is 0 Å². The van der Waals surface area contributed by atoms with Crippen LogP contribution < -0.4 is 5.32 Å². The average molecular weight is 231 g/mol. The molecule has 3 unspecified atom stereocenters. The van der Waals surface area contributed by atoms with E-state index in [-0.39, 0.29) is 0 Å². The van der Waals surface area contributed by atoms with Crippen molar-refractivity contribution in [1.82, 2.24) is 5.32 Å². The highest BCUT2D eigenvalue weighted by Gasteiger charge is 2.31. The zero-order valence-electron chi connectivity index (χ0n) is 11.4. The molecule has 1 nitrogen and oxygen atoms in total. The molecule has 17 heavy (non-hydrogen) atoms. The number of nitrogens with one attached hydrogen (secondary N) is 1. The summed E-state index contributed by atoms with van der Waals surface area (Å²) in [6.07, 6.45) is 4.19. The third kappa shape index (κ3) is 2.90. The average Bonchev–Trinajstić information content (AvgIpc) is 2.72. The van der Waals surface area contributed by atoms with E-state index < -0.39 is 0 Å². The normalized spacial score (nSPS) is 26.1. The van der Waals surface area contributed by atoms with E-state index in [0.717, 1.165) is 18.4 Å². The number of hydrogen-bond acceptors (Lipinski definition) is 1. The lowest BCUT2D eigenvalue weighted by Crippen LogP contribution is -2.29. The van der Waals surface area contributed by atoms with Gasteiger partial charge in [-0.25, -0.2) is 0 Å². The Kier molecular flexibility index (Phi) is 4.22. The van der Waals surface area contributed by atoms with Crippen molar-refractivity contribution in [1.29, 1.82) is 0 Å². The first-order valence-corrected chi connectivity index (χ1v) is 7.02. The summed E-state index contributed by atoms with van der Waals surface area (Å²) < 4.78 is 0. The molecule has 0 amide bonds. The molecule has 1 saturated carbocycles. The van der Waals surface area contributed by atoms with Crippen molar-refractivity contribution in [3.05, 3.63) is 35.4 Å². The molecule has 0 radical (unpaired) electrons. The molecule has 2 rings (SSSR count). The van der Waals surface area contributed by atoms with Gasteiger partial charge in [-0.1, -0.05) is 56.5 Å². The Labute approximate surface area is 106 Å². The summed E-state index contributed by atoms with van der Waals surface area (Å²) in [5, 5.41) is 3.70. The maximum absolute atomic E-state index is 3.70. The van der Waals surface area contributed by atoms with Crippen LogP contribution in [-0.4, -0.2) is 6.54 Å². The first kappa shape index (κ1) is 12.6. The fraction of sp³-hybridized carbons (Fsp3) is 0.625. The maximum Gasteiger partial charge on any atom is 0.0351 e. The Morgan fingerprint density at radius 1 is 1.35 bits per heavy atom. The van der Waals surface area contributed by atoms with Gasteiger partial charge in [0.1, 0.15) is 0 Å². The molecule has 0 spiro atoms. The second-order valence-corrected chi connectivity index (χ2v) is 5.52. The highest BCUT2D eigenvalue weighted by Crippen LogP contribution is 2.40. The Morgan fingerprint density at radius 2 is 2.18 bits per heavy atom. The number of benzene rings is 1. The van der Waals surface area contributed by atoms with Gasteiger partial charge in [-0.2, -0.15) is 0 Å². The van der Waals surface area contributed by atoms with E-state index >= 15 is 0 Å². The summed E-state index contributed by atoms with van der Waals surface area (Å²) in [5.74, 6) is 1.68. The SMILES string of the molecule is CCNC(c1cccc(C)c1)C1CCCC1C. The summed E-state index contributed by atoms with van der Waals surface area (Å²) in [7, 11) is 0. The monoisotopic (exact) mass is 231 g/mol. The topological polar surface area (TPSA) is 12.0 Å². The molecule has 0 saturated heterocycles. The zero-order valence-corrected chi connectivity index (χ0v) is 11.4. The van der Waals surface area contributed by atoms with E-state index in [1.807, 2.05) is 0 Å². The minimum absolute atomic E-state index is 0.553. The molecule has 1 N–H and O–H groups in total. The molecule has 0 aromatic heterocycles. The van der Waals surface area contributed by atoms with Gasteiger partial charge in [-0.3, -0.25) is 0 Å². The molecule has 1 aliphatic rings. The van der Waals surface area contributed by atoms with Gasteiger partial charge >= 0.3 is 0 Å². The molecule has 1 fully saturated rings. The Morgan fingerprint density at radius 3 is 2.76 bits per heavy atom. The molecule has 0 bridgehead atoms. The number of rotatable bonds is 4. The quantitative estimate of drug-likeness (QED) is 0.823. The lowest BCUT2D eigenvalue weighted by atomic mass is 9.85. The van der Waals surface area contributed by atoms with Crippen molar-refractivity contribution in [2.75, 3.05) is 6.54 Å². The van der Waals surface area contributed by atoms with Crippen LogP contribution in [0.2, 0.25) is 0 Å². The van der Waals surface area contributed by atoms with Gasteiger partial charge in [0.25, 0.3) is 0 Å². The molecule has 3 atom stereocenters. The Hall–Kier alpha value is -0.820. The van der Waals surface area contributed by atoms with E-state index in [1.165, 1.54) is 30.4 Å². The third-order valence-corrected chi connectivity index (χ3v) is 4.18. The molecule has 0 heterocycles. The number of aryl methyl sites for hydroxylation is 1. The first-order chi connectivity index (χ1) is 8.22. The highest BCUT2D eigenvalue weighted by molar-refractivity contribution is 5.26.